The fourth-order valence-electron chi connectivity index (χ4n) is 1.71. The molecule has 114 valence electrons. The van der Waals surface area contributed by atoms with Crippen LogP contribution in [0.3, 0.4) is 0 Å². The number of aromatic nitrogens is 2. The Balaban J connectivity index is 3.16. The minimum atomic E-state index is -4.28. The molecule has 0 aliphatic heterocycles. The van der Waals surface area contributed by atoms with Crippen LogP contribution in [-0.2, 0) is 5.41 Å². The first-order chi connectivity index (χ1) is 9.03. The van der Waals surface area contributed by atoms with Crippen molar-refractivity contribution in [3.8, 4) is 0 Å². The molecule has 0 amide bonds. The van der Waals surface area contributed by atoms with Crippen LogP contribution in [0.4, 0.5) is 24.8 Å². The number of halogens is 3. The van der Waals surface area contributed by atoms with Crippen LogP contribution in [0.2, 0.25) is 0 Å². The van der Waals surface area contributed by atoms with Crippen molar-refractivity contribution < 1.29 is 13.2 Å². The van der Waals surface area contributed by atoms with Gasteiger partial charge in [-0.2, -0.15) is 13.2 Å². The number of hydrogen-bond donors (Lipinski definition) is 1. The third-order valence-electron chi connectivity index (χ3n) is 2.59. The van der Waals surface area contributed by atoms with Crippen LogP contribution in [0.1, 0.15) is 39.9 Å². The second-order valence-electron chi connectivity index (χ2n) is 5.76. The zero-order valence-corrected chi connectivity index (χ0v) is 12.3. The highest BCUT2D eigenvalue weighted by Crippen LogP contribution is 2.25. The predicted molar refractivity (Wildman–Crippen MR) is 73.7 cm³/mol. The van der Waals surface area contributed by atoms with E-state index in [0.717, 1.165) is 0 Å². The first-order valence-electron chi connectivity index (χ1n) is 6.49. The molecule has 0 aliphatic carbocycles. The highest BCUT2D eigenvalue weighted by Gasteiger charge is 2.31. The molecule has 2 N–H and O–H groups in total. The largest absolute Gasteiger partial charge is 0.405 e. The molecule has 1 heterocycles. The number of alkyl halides is 3. The van der Waals surface area contributed by atoms with Crippen molar-refractivity contribution in [2.24, 2.45) is 0 Å². The van der Waals surface area contributed by atoms with Crippen LogP contribution in [0.5, 0.6) is 0 Å². The molecule has 0 bridgehead atoms. The zero-order valence-electron chi connectivity index (χ0n) is 12.3. The zero-order chi connectivity index (χ0) is 15.6. The third-order valence-corrected chi connectivity index (χ3v) is 2.59. The van der Waals surface area contributed by atoms with Gasteiger partial charge in [0.2, 0.25) is 0 Å². The molecule has 0 saturated heterocycles. The van der Waals surface area contributed by atoms with Gasteiger partial charge >= 0.3 is 6.18 Å². The minimum Gasteiger partial charge on any atom is -0.384 e. The number of hydrogen-bond acceptors (Lipinski definition) is 4. The number of nitrogens with zero attached hydrogens (tertiary/aromatic N) is 3. The summed E-state index contributed by atoms with van der Waals surface area (Å²) in [4.78, 5) is 9.53. The maximum Gasteiger partial charge on any atom is 0.405 e. The first kappa shape index (κ1) is 16.5. The normalized spacial score (nSPS) is 12.6. The lowest BCUT2D eigenvalue weighted by molar-refractivity contribution is -0.119. The van der Waals surface area contributed by atoms with Crippen molar-refractivity contribution in [2.75, 3.05) is 23.7 Å². The maximum absolute atomic E-state index is 12.6. The smallest absolute Gasteiger partial charge is 0.384 e. The standard InChI is InChI=1S/C13H21F3N4/c1-5-6-20(8-13(14,15)16)10-7-9(17)18-11(19-10)12(2,3)4/h7H,5-6,8H2,1-4H3,(H2,17,18,19). The predicted octanol–water partition coefficient (Wildman–Crippen LogP) is 3.14. The molecule has 7 heteroatoms. The van der Waals surface area contributed by atoms with Gasteiger partial charge in [0, 0.05) is 18.0 Å². The number of rotatable bonds is 4. The topological polar surface area (TPSA) is 55.0 Å². The average molecular weight is 290 g/mol. The Morgan fingerprint density at radius 2 is 1.80 bits per heavy atom. The summed E-state index contributed by atoms with van der Waals surface area (Å²) >= 11 is 0. The fourth-order valence-corrected chi connectivity index (χ4v) is 1.71. The molecule has 0 aliphatic rings. The van der Waals surface area contributed by atoms with Crippen molar-refractivity contribution >= 4 is 11.6 Å². The molecule has 0 unspecified atom stereocenters. The van der Waals surface area contributed by atoms with Gasteiger partial charge in [-0.25, -0.2) is 9.97 Å². The SMILES string of the molecule is CCCN(CC(F)(F)F)c1cc(N)nc(C(C)(C)C)n1. The van der Waals surface area contributed by atoms with E-state index in [9.17, 15) is 13.2 Å². The Bertz CT molecular complexity index is 452. The van der Waals surface area contributed by atoms with Crippen molar-refractivity contribution in [3.63, 3.8) is 0 Å². The summed E-state index contributed by atoms with van der Waals surface area (Å²) in [5, 5.41) is 0. The Morgan fingerprint density at radius 3 is 2.25 bits per heavy atom. The maximum atomic E-state index is 12.6. The van der Waals surface area contributed by atoms with Crippen molar-refractivity contribution in [1.82, 2.24) is 9.97 Å². The Morgan fingerprint density at radius 1 is 1.20 bits per heavy atom. The van der Waals surface area contributed by atoms with Crippen LogP contribution < -0.4 is 10.6 Å². The summed E-state index contributed by atoms with van der Waals surface area (Å²) in [5.74, 6) is 0.848. The fraction of sp³-hybridized carbons (Fsp3) is 0.692. The van der Waals surface area contributed by atoms with Crippen LogP contribution in [0.25, 0.3) is 0 Å². The van der Waals surface area contributed by atoms with E-state index in [-0.39, 0.29) is 23.6 Å². The van der Waals surface area contributed by atoms with Gasteiger partial charge in [0.1, 0.15) is 24.0 Å². The molecule has 4 nitrogen and oxygen atoms in total. The molecule has 20 heavy (non-hydrogen) atoms. The van der Waals surface area contributed by atoms with Crippen molar-refractivity contribution in [3.05, 3.63) is 11.9 Å². The van der Waals surface area contributed by atoms with E-state index >= 15 is 0 Å². The van der Waals surface area contributed by atoms with E-state index in [1.165, 1.54) is 11.0 Å². The molecule has 1 aromatic rings. The van der Waals surface area contributed by atoms with Gasteiger partial charge < -0.3 is 10.6 Å². The highest BCUT2D eigenvalue weighted by atomic mass is 19.4. The molecule has 1 aromatic heterocycles. The van der Waals surface area contributed by atoms with Gasteiger partial charge in [-0.1, -0.05) is 27.7 Å². The van der Waals surface area contributed by atoms with Gasteiger partial charge in [-0.15, -0.1) is 0 Å². The van der Waals surface area contributed by atoms with Gasteiger partial charge in [-0.05, 0) is 6.42 Å². The summed E-state index contributed by atoms with van der Waals surface area (Å²) in [6, 6.07) is 1.39. The van der Waals surface area contributed by atoms with Crippen LogP contribution in [-0.4, -0.2) is 29.2 Å². The van der Waals surface area contributed by atoms with E-state index in [1.807, 2.05) is 27.7 Å². The first-order valence-corrected chi connectivity index (χ1v) is 6.49. The quantitative estimate of drug-likeness (QED) is 0.925. The molecule has 0 aromatic carbocycles. The number of nitrogens with two attached hydrogens (primary N) is 1. The van der Waals surface area contributed by atoms with E-state index < -0.39 is 12.7 Å². The van der Waals surface area contributed by atoms with E-state index in [2.05, 4.69) is 9.97 Å². The molecular formula is C13H21F3N4. The molecule has 0 fully saturated rings. The second-order valence-corrected chi connectivity index (χ2v) is 5.76. The second kappa shape index (κ2) is 5.85. The summed E-state index contributed by atoms with van der Waals surface area (Å²) in [6.07, 6.45) is -3.69. The van der Waals surface area contributed by atoms with Crippen LogP contribution in [0, 0.1) is 0 Å². The molecule has 1 rings (SSSR count). The summed E-state index contributed by atoms with van der Waals surface area (Å²) in [7, 11) is 0. The Hall–Kier alpha value is -1.53. The van der Waals surface area contributed by atoms with Gasteiger partial charge in [0.05, 0.1) is 0 Å². The number of anilines is 2. The highest BCUT2D eigenvalue weighted by molar-refractivity contribution is 5.47. The lowest BCUT2D eigenvalue weighted by Gasteiger charge is -2.26. The van der Waals surface area contributed by atoms with Crippen molar-refractivity contribution in [2.45, 2.75) is 45.7 Å². The summed E-state index contributed by atoms with van der Waals surface area (Å²) in [5.41, 5.74) is 5.32. The lowest BCUT2D eigenvalue weighted by atomic mass is 9.96. The molecule has 0 saturated carbocycles. The van der Waals surface area contributed by atoms with E-state index in [0.29, 0.717) is 12.2 Å². The molecule has 0 radical (unpaired) electrons. The lowest BCUT2D eigenvalue weighted by Crippen LogP contribution is -2.36. The van der Waals surface area contributed by atoms with Crippen molar-refractivity contribution in [1.29, 1.82) is 0 Å². The van der Waals surface area contributed by atoms with Crippen LogP contribution in [0.15, 0.2) is 6.07 Å². The van der Waals surface area contributed by atoms with Gasteiger partial charge in [-0.3, -0.25) is 0 Å². The van der Waals surface area contributed by atoms with Gasteiger partial charge in [0.15, 0.2) is 0 Å². The molecule has 0 spiro atoms. The van der Waals surface area contributed by atoms with Gasteiger partial charge in [0.25, 0.3) is 0 Å². The Kier molecular flexibility index (Phi) is 4.83. The van der Waals surface area contributed by atoms with E-state index in [1.54, 1.807) is 0 Å². The third kappa shape index (κ3) is 4.86. The summed E-state index contributed by atoms with van der Waals surface area (Å²) in [6.45, 7) is 6.71. The van der Waals surface area contributed by atoms with Crippen LogP contribution >= 0.6 is 0 Å². The number of nitrogen functional groups attached to an aromatic ring is 1. The minimum absolute atomic E-state index is 0.184. The summed E-state index contributed by atoms with van der Waals surface area (Å²) < 4.78 is 37.9. The molecule has 0 atom stereocenters. The Labute approximate surface area is 117 Å². The molecular weight excluding hydrogens is 269 g/mol. The average Bonchev–Trinajstić information content (AvgIpc) is 2.24. The monoisotopic (exact) mass is 290 g/mol. The van der Waals surface area contributed by atoms with E-state index in [4.69, 9.17) is 5.73 Å².